The van der Waals surface area contributed by atoms with Gasteiger partial charge in [-0.3, -0.25) is 9.69 Å². The number of ether oxygens (including phenoxy) is 2. The van der Waals surface area contributed by atoms with E-state index in [1.165, 1.54) is 42.0 Å². The summed E-state index contributed by atoms with van der Waals surface area (Å²) < 4.78 is 16.5. The van der Waals surface area contributed by atoms with Crippen LogP contribution in [0.15, 0.2) is 26.9 Å². The number of carbonyl (C=O) groups is 1. The quantitative estimate of drug-likeness (QED) is 0.513. The highest BCUT2D eigenvalue weighted by Crippen LogP contribution is 2.37. The van der Waals surface area contributed by atoms with E-state index < -0.39 is 5.76 Å². The Kier molecular flexibility index (Phi) is 6.85. The van der Waals surface area contributed by atoms with Gasteiger partial charge in [-0.15, -0.1) is 15.3 Å². The first kappa shape index (κ1) is 21.5. The summed E-state index contributed by atoms with van der Waals surface area (Å²) in [5, 5.41) is 12.4. The van der Waals surface area contributed by atoms with Crippen LogP contribution < -0.4 is 20.1 Å². The second kappa shape index (κ2) is 9.55. The lowest BCUT2D eigenvalue weighted by molar-refractivity contribution is -0.119. The third-order valence-corrected chi connectivity index (χ3v) is 5.13. The Morgan fingerprint density at radius 3 is 2.77 bits per heavy atom. The first-order valence-corrected chi connectivity index (χ1v) is 9.97. The van der Waals surface area contributed by atoms with E-state index >= 15 is 0 Å². The highest BCUT2D eigenvalue weighted by molar-refractivity contribution is 7.13. The van der Waals surface area contributed by atoms with Gasteiger partial charge in [0.15, 0.2) is 11.5 Å². The van der Waals surface area contributed by atoms with Gasteiger partial charge in [-0.2, -0.15) is 4.68 Å². The topological polar surface area (TPSA) is 113 Å². The molecule has 0 bridgehead atoms. The van der Waals surface area contributed by atoms with Gasteiger partial charge in [-0.25, -0.2) is 4.79 Å². The van der Waals surface area contributed by atoms with Gasteiger partial charge >= 0.3 is 5.76 Å². The molecule has 2 heterocycles. The van der Waals surface area contributed by atoms with Crippen LogP contribution in [0.2, 0.25) is 5.02 Å². The van der Waals surface area contributed by atoms with Crippen LogP contribution >= 0.6 is 22.9 Å². The Morgan fingerprint density at radius 2 is 2.13 bits per heavy atom. The van der Waals surface area contributed by atoms with Crippen LogP contribution in [0.25, 0.3) is 12.2 Å². The standard InChI is InChI=1S/C18H18ClN5O5S/c1-4-23(17-21-20-10-30-17)14(25)9-24-18(26)29-13(22-24)8-6-11-5-7-12(27-2)16(28-3)15(11)19/h5-8,10H,4,9H2,1-3H3. The van der Waals surface area contributed by atoms with Gasteiger partial charge in [0, 0.05) is 12.6 Å². The molecule has 0 aliphatic heterocycles. The smallest absolute Gasteiger partial charge is 0.437 e. The average molecular weight is 452 g/mol. The van der Waals surface area contributed by atoms with Crippen molar-refractivity contribution in [1.82, 2.24) is 20.0 Å². The average Bonchev–Trinajstić information content (AvgIpc) is 3.38. The van der Waals surface area contributed by atoms with Gasteiger partial charge in [0.25, 0.3) is 5.91 Å². The molecule has 0 spiro atoms. The molecule has 0 saturated carbocycles. The fraction of sp³-hybridized carbons (Fsp3) is 0.278. The lowest BCUT2D eigenvalue weighted by atomic mass is 10.2. The molecule has 3 aromatic rings. The predicted octanol–water partition coefficient (Wildman–Crippen LogP) is 2.58. The molecule has 3 rings (SSSR count). The van der Waals surface area contributed by atoms with Crippen molar-refractivity contribution in [1.29, 1.82) is 0 Å². The van der Waals surface area contributed by atoms with Crippen molar-refractivity contribution < 1.29 is 18.7 Å². The maximum absolute atomic E-state index is 12.5. The zero-order valence-electron chi connectivity index (χ0n) is 16.4. The number of methoxy groups -OCH3 is 2. The fourth-order valence-electron chi connectivity index (χ4n) is 2.60. The van der Waals surface area contributed by atoms with E-state index in [0.29, 0.717) is 33.8 Å². The third-order valence-electron chi connectivity index (χ3n) is 4.02. The summed E-state index contributed by atoms with van der Waals surface area (Å²) in [7, 11) is 2.99. The van der Waals surface area contributed by atoms with Crippen LogP contribution in [0.5, 0.6) is 11.5 Å². The summed E-state index contributed by atoms with van der Waals surface area (Å²) in [5.74, 6) is -0.212. The first-order valence-electron chi connectivity index (χ1n) is 8.71. The number of carbonyl (C=O) groups excluding carboxylic acids is 1. The molecule has 0 fully saturated rings. The van der Waals surface area contributed by atoms with Crippen molar-refractivity contribution in [3.8, 4) is 11.5 Å². The number of benzene rings is 1. The molecule has 158 valence electrons. The summed E-state index contributed by atoms with van der Waals surface area (Å²) in [4.78, 5) is 26.0. The van der Waals surface area contributed by atoms with Crippen molar-refractivity contribution in [2.24, 2.45) is 0 Å². The van der Waals surface area contributed by atoms with E-state index in [2.05, 4.69) is 15.3 Å². The number of rotatable bonds is 8. The molecule has 2 aromatic heterocycles. The van der Waals surface area contributed by atoms with Crippen LogP contribution in [0, 0.1) is 0 Å². The van der Waals surface area contributed by atoms with E-state index in [-0.39, 0.29) is 18.3 Å². The molecule has 30 heavy (non-hydrogen) atoms. The van der Waals surface area contributed by atoms with Crippen molar-refractivity contribution >= 4 is 46.1 Å². The molecule has 0 N–H and O–H groups in total. The first-order chi connectivity index (χ1) is 14.5. The Labute approximate surface area is 180 Å². The molecular formula is C18H18ClN5O5S. The van der Waals surface area contributed by atoms with Crippen LogP contribution in [0.3, 0.4) is 0 Å². The molecule has 0 aliphatic rings. The lowest BCUT2D eigenvalue weighted by Crippen LogP contribution is -2.36. The van der Waals surface area contributed by atoms with Gasteiger partial charge in [0.05, 0.1) is 19.2 Å². The minimum Gasteiger partial charge on any atom is -0.493 e. The molecule has 0 saturated heterocycles. The van der Waals surface area contributed by atoms with Gasteiger partial charge in [-0.05, 0) is 30.7 Å². The number of hydrogen-bond donors (Lipinski definition) is 0. The number of halogens is 1. The Balaban J connectivity index is 1.78. The van der Waals surface area contributed by atoms with Gasteiger partial charge in [0.1, 0.15) is 12.1 Å². The van der Waals surface area contributed by atoms with Crippen LogP contribution in [0.1, 0.15) is 18.4 Å². The highest BCUT2D eigenvalue weighted by Gasteiger charge is 2.19. The molecule has 1 aromatic carbocycles. The molecule has 12 heteroatoms. The molecule has 0 radical (unpaired) electrons. The van der Waals surface area contributed by atoms with E-state index in [1.807, 2.05) is 0 Å². The Bertz CT molecular complexity index is 1110. The Morgan fingerprint density at radius 1 is 1.33 bits per heavy atom. The Hall–Kier alpha value is -3.18. The second-order valence-corrected chi connectivity index (χ2v) is 6.95. The largest absolute Gasteiger partial charge is 0.493 e. The third kappa shape index (κ3) is 4.52. The molecule has 0 atom stereocenters. The molecule has 10 nitrogen and oxygen atoms in total. The van der Waals surface area contributed by atoms with Crippen LogP contribution in [0.4, 0.5) is 5.13 Å². The van der Waals surface area contributed by atoms with Crippen LogP contribution in [-0.2, 0) is 11.3 Å². The van der Waals surface area contributed by atoms with E-state index in [1.54, 1.807) is 25.1 Å². The summed E-state index contributed by atoms with van der Waals surface area (Å²) in [5.41, 5.74) is 2.13. The SMILES string of the molecule is CCN(C(=O)Cn1nc(C=Cc2ccc(OC)c(OC)c2Cl)oc1=O)c1nncs1. The summed E-state index contributed by atoms with van der Waals surface area (Å²) in [6.07, 6.45) is 3.08. The maximum Gasteiger partial charge on any atom is 0.437 e. The van der Waals surface area contributed by atoms with Crippen molar-refractivity contribution in [2.45, 2.75) is 13.5 Å². The highest BCUT2D eigenvalue weighted by atomic mass is 35.5. The number of amides is 1. The lowest BCUT2D eigenvalue weighted by Gasteiger charge is -2.16. The summed E-state index contributed by atoms with van der Waals surface area (Å²) in [6, 6.07) is 3.42. The number of hydrogen-bond acceptors (Lipinski definition) is 9. The van der Waals surface area contributed by atoms with E-state index in [0.717, 1.165) is 4.68 Å². The van der Waals surface area contributed by atoms with E-state index in [9.17, 15) is 9.59 Å². The minimum absolute atomic E-state index is 0.0256. The monoisotopic (exact) mass is 451 g/mol. The van der Waals surface area contributed by atoms with Crippen molar-refractivity contribution in [2.75, 3.05) is 25.7 Å². The number of nitrogens with zero attached hydrogens (tertiary/aromatic N) is 5. The predicted molar refractivity (Wildman–Crippen MR) is 112 cm³/mol. The van der Waals surface area contributed by atoms with Crippen molar-refractivity contribution in [3.63, 3.8) is 0 Å². The molecule has 0 unspecified atom stereocenters. The van der Waals surface area contributed by atoms with Gasteiger partial charge in [0.2, 0.25) is 11.0 Å². The summed E-state index contributed by atoms with van der Waals surface area (Å²) >= 11 is 7.55. The second-order valence-electron chi connectivity index (χ2n) is 5.76. The number of anilines is 1. The van der Waals surface area contributed by atoms with Gasteiger partial charge in [-0.1, -0.05) is 22.9 Å². The number of likely N-dealkylation sites (N-methyl/N-ethyl adjacent to an activating group) is 1. The maximum atomic E-state index is 12.5. The van der Waals surface area contributed by atoms with Crippen molar-refractivity contribution in [3.05, 3.63) is 44.7 Å². The van der Waals surface area contributed by atoms with Crippen LogP contribution in [-0.4, -0.2) is 46.6 Å². The van der Waals surface area contributed by atoms with Gasteiger partial charge < -0.3 is 13.9 Å². The molecule has 1 amide bonds. The van der Waals surface area contributed by atoms with E-state index in [4.69, 9.17) is 25.5 Å². The molecular weight excluding hydrogens is 434 g/mol. The zero-order chi connectivity index (χ0) is 21.7. The fourth-order valence-corrected chi connectivity index (χ4v) is 3.54. The normalized spacial score (nSPS) is 11.1. The number of aromatic nitrogens is 4. The minimum atomic E-state index is -0.755. The molecule has 0 aliphatic carbocycles. The zero-order valence-corrected chi connectivity index (χ0v) is 17.9. The summed E-state index contributed by atoms with van der Waals surface area (Å²) in [6.45, 7) is 1.89.